The molecule has 1 heterocycles. The van der Waals surface area contributed by atoms with Gasteiger partial charge in [0.2, 0.25) is 11.3 Å². The fourth-order valence-corrected chi connectivity index (χ4v) is 4.10. The highest BCUT2D eigenvalue weighted by molar-refractivity contribution is 6.12. The zero-order chi connectivity index (χ0) is 18.7. The van der Waals surface area contributed by atoms with Crippen LogP contribution in [0.2, 0.25) is 0 Å². The van der Waals surface area contributed by atoms with E-state index in [0.717, 1.165) is 5.56 Å². The van der Waals surface area contributed by atoms with E-state index in [1.54, 1.807) is 24.3 Å². The number of Topliss-reactive ketones (excluding diaryl/α,β-unsaturated/α-hetero) is 1. The molecule has 0 saturated carbocycles. The van der Waals surface area contributed by atoms with Crippen LogP contribution in [0.3, 0.4) is 0 Å². The summed E-state index contributed by atoms with van der Waals surface area (Å²) in [5.41, 5.74) is 6.53. The van der Waals surface area contributed by atoms with Crippen LogP contribution in [0.25, 0.3) is 0 Å². The van der Waals surface area contributed by atoms with Crippen molar-refractivity contribution in [1.82, 2.24) is 5.32 Å². The summed E-state index contributed by atoms with van der Waals surface area (Å²) in [6.07, 6.45) is 0. The third-order valence-corrected chi connectivity index (χ3v) is 5.29. The number of benzene rings is 2. The number of primary amides is 1. The van der Waals surface area contributed by atoms with Gasteiger partial charge in [-0.2, -0.15) is 0 Å². The van der Waals surface area contributed by atoms with Gasteiger partial charge < -0.3 is 20.5 Å². The number of methoxy groups -OCH3 is 1. The van der Waals surface area contributed by atoms with Gasteiger partial charge in [0.05, 0.1) is 0 Å². The smallest absolute Gasteiger partial charge is 0.313 e. The number of rotatable bonds is 3. The summed E-state index contributed by atoms with van der Waals surface area (Å²) in [5.74, 6) is -1.00. The number of carbonyl (C=O) groups is 2. The lowest BCUT2D eigenvalue weighted by Crippen LogP contribution is -2.61. The molecule has 2 aromatic rings. The highest BCUT2D eigenvalue weighted by atomic mass is 16.7. The Bertz CT molecular complexity index is 939. The molecule has 2 unspecified atom stereocenters. The first-order valence-electron chi connectivity index (χ1n) is 8.48. The Morgan fingerprint density at radius 3 is 2.58 bits per heavy atom. The first-order valence-corrected chi connectivity index (χ1v) is 8.48. The van der Waals surface area contributed by atoms with Gasteiger partial charge in [-0.05, 0) is 17.5 Å². The minimum absolute atomic E-state index is 0.283. The van der Waals surface area contributed by atoms with Crippen molar-refractivity contribution >= 4 is 11.8 Å². The molecule has 0 radical (unpaired) electrons. The lowest BCUT2D eigenvalue weighted by molar-refractivity contribution is -0.193. The number of ether oxygens (including phenoxy) is 2. The topological polar surface area (TPSA) is 90.7 Å². The number of nitrogens with two attached hydrogens (primary N) is 1. The van der Waals surface area contributed by atoms with E-state index in [4.69, 9.17) is 15.2 Å². The summed E-state index contributed by atoms with van der Waals surface area (Å²) < 4.78 is 12.0. The Balaban J connectivity index is 2.04. The van der Waals surface area contributed by atoms with Crippen LogP contribution >= 0.6 is 0 Å². The third kappa shape index (κ3) is 1.79. The van der Waals surface area contributed by atoms with E-state index in [1.807, 2.05) is 18.2 Å². The molecule has 134 valence electrons. The molecule has 6 nitrogen and oxygen atoms in total. The Morgan fingerprint density at radius 2 is 1.92 bits per heavy atom. The SMILES string of the molecule is COC12Oc3cc(C(C)C)ccc3C1(NC(N)=O)C(=O)c1ccccc12. The van der Waals surface area contributed by atoms with Crippen LogP contribution in [0, 0.1) is 0 Å². The van der Waals surface area contributed by atoms with Gasteiger partial charge in [-0.3, -0.25) is 4.79 Å². The van der Waals surface area contributed by atoms with Crippen LogP contribution in [-0.2, 0) is 16.1 Å². The van der Waals surface area contributed by atoms with Crippen molar-refractivity contribution in [3.8, 4) is 5.75 Å². The van der Waals surface area contributed by atoms with Crippen molar-refractivity contribution < 1.29 is 19.1 Å². The van der Waals surface area contributed by atoms with Crippen molar-refractivity contribution in [3.05, 3.63) is 64.7 Å². The summed E-state index contributed by atoms with van der Waals surface area (Å²) in [7, 11) is 1.46. The van der Waals surface area contributed by atoms with E-state index in [0.29, 0.717) is 22.4 Å². The quantitative estimate of drug-likeness (QED) is 0.889. The second-order valence-corrected chi connectivity index (χ2v) is 6.95. The zero-order valence-corrected chi connectivity index (χ0v) is 14.8. The van der Waals surface area contributed by atoms with E-state index >= 15 is 0 Å². The van der Waals surface area contributed by atoms with E-state index in [1.165, 1.54) is 7.11 Å². The molecule has 0 fully saturated rings. The van der Waals surface area contributed by atoms with Crippen LogP contribution < -0.4 is 15.8 Å². The van der Waals surface area contributed by atoms with Gasteiger partial charge in [-0.1, -0.05) is 50.2 Å². The van der Waals surface area contributed by atoms with E-state index in [-0.39, 0.29) is 11.7 Å². The van der Waals surface area contributed by atoms with Crippen LogP contribution in [0.4, 0.5) is 4.79 Å². The van der Waals surface area contributed by atoms with Crippen LogP contribution in [-0.4, -0.2) is 18.9 Å². The van der Waals surface area contributed by atoms with Gasteiger partial charge in [-0.25, -0.2) is 4.79 Å². The van der Waals surface area contributed by atoms with Crippen molar-refractivity contribution in [2.75, 3.05) is 7.11 Å². The van der Waals surface area contributed by atoms with E-state index in [2.05, 4.69) is 19.2 Å². The fourth-order valence-electron chi connectivity index (χ4n) is 4.10. The van der Waals surface area contributed by atoms with Gasteiger partial charge >= 0.3 is 6.03 Å². The summed E-state index contributed by atoms with van der Waals surface area (Å²) >= 11 is 0. The van der Waals surface area contributed by atoms with E-state index in [9.17, 15) is 9.59 Å². The molecule has 2 amide bonds. The highest BCUT2D eigenvalue weighted by Crippen LogP contribution is 2.59. The normalized spacial score (nSPS) is 25.5. The van der Waals surface area contributed by atoms with Crippen LogP contribution in [0.1, 0.15) is 46.8 Å². The Kier molecular flexibility index (Phi) is 3.39. The number of nitrogens with one attached hydrogen (secondary N) is 1. The Labute approximate surface area is 151 Å². The molecule has 2 aromatic carbocycles. The predicted molar refractivity (Wildman–Crippen MR) is 95.0 cm³/mol. The van der Waals surface area contributed by atoms with Crippen molar-refractivity contribution in [3.63, 3.8) is 0 Å². The fraction of sp³-hybridized carbons (Fsp3) is 0.300. The maximum absolute atomic E-state index is 13.5. The second kappa shape index (κ2) is 5.32. The summed E-state index contributed by atoms with van der Waals surface area (Å²) in [5, 5.41) is 2.65. The molecule has 4 rings (SSSR count). The molecule has 26 heavy (non-hydrogen) atoms. The number of urea groups is 1. The Morgan fingerprint density at radius 1 is 1.19 bits per heavy atom. The van der Waals surface area contributed by atoms with E-state index < -0.39 is 17.4 Å². The average Bonchev–Trinajstić information content (AvgIpc) is 3.00. The molecule has 3 N–H and O–H groups in total. The highest BCUT2D eigenvalue weighted by Gasteiger charge is 2.72. The maximum atomic E-state index is 13.5. The first-order chi connectivity index (χ1) is 12.4. The lowest BCUT2D eigenvalue weighted by atomic mass is 9.82. The third-order valence-electron chi connectivity index (χ3n) is 5.29. The molecule has 0 aromatic heterocycles. The summed E-state index contributed by atoms with van der Waals surface area (Å²) in [6, 6.07) is 11.9. The average molecular weight is 352 g/mol. The second-order valence-electron chi connectivity index (χ2n) is 6.95. The van der Waals surface area contributed by atoms with Gasteiger partial charge in [0, 0.05) is 23.8 Å². The number of fused-ring (bicyclic) bond motifs is 5. The maximum Gasteiger partial charge on any atom is 0.313 e. The van der Waals surface area contributed by atoms with Crippen molar-refractivity contribution in [2.45, 2.75) is 31.1 Å². The van der Waals surface area contributed by atoms with Crippen LogP contribution in [0.5, 0.6) is 5.75 Å². The summed E-state index contributed by atoms with van der Waals surface area (Å²) in [4.78, 5) is 25.3. The molecule has 0 saturated heterocycles. The molecule has 0 bridgehead atoms. The molecular formula is C20H20N2O4. The number of carbonyl (C=O) groups excluding carboxylic acids is 2. The molecule has 6 heteroatoms. The molecular weight excluding hydrogens is 332 g/mol. The van der Waals surface area contributed by atoms with Crippen molar-refractivity contribution in [2.24, 2.45) is 5.73 Å². The monoisotopic (exact) mass is 352 g/mol. The molecule has 2 aliphatic rings. The minimum Gasteiger partial charge on any atom is -0.454 e. The Hall–Kier alpha value is -2.86. The van der Waals surface area contributed by atoms with Crippen molar-refractivity contribution in [1.29, 1.82) is 0 Å². The van der Waals surface area contributed by atoms with Crippen LogP contribution in [0.15, 0.2) is 42.5 Å². The van der Waals surface area contributed by atoms with Gasteiger partial charge in [0.1, 0.15) is 5.75 Å². The largest absolute Gasteiger partial charge is 0.454 e. The predicted octanol–water partition coefficient (Wildman–Crippen LogP) is 2.76. The molecule has 1 aliphatic carbocycles. The molecule has 2 atom stereocenters. The number of hydrogen-bond acceptors (Lipinski definition) is 4. The standard InChI is InChI=1S/C20H20N2O4/c1-11(2)12-8-9-15-16(10-12)26-20(25-3)14-7-5-4-6-13(14)17(23)19(15,20)22-18(21)24/h4-11H,1-3H3,(H3,21,22,24). The molecule has 0 spiro atoms. The van der Waals surface area contributed by atoms with Gasteiger partial charge in [0.25, 0.3) is 5.79 Å². The summed E-state index contributed by atoms with van der Waals surface area (Å²) in [6.45, 7) is 4.14. The van der Waals surface area contributed by atoms with Gasteiger partial charge in [0.15, 0.2) is 0 Å². The number of amides is 2. The lowest BCUT2D eigenvalue weighted by Gasteiger charge is -2.36. The van der Waals surface area contributed by atoms with Gasteiger partial charge in [-0.15, -0.1) is 0 Å². The zero-order valence-electron chi connectivity index (χ0n) is 14.8. The first kappa shape index (κ1) is 16.6. The number of ketones is 1. The molecule has 1 aliphatic heterocycles. The minimum atomic E-state index is -1.55. The number of hydrogen-bond donors (Lipinski definition) is 2.